The number of carbonyl (C=O) groups excluding carboxylic acids is 1. The van der Waals surface area contributed by atoms with E-state index in [1.165, 1.54) is 13.2 Å². The van der Waals surface area contributed by atoms with Crippen molar-refractivity contribution in [2.45, 2.75) is 11.8 Å². The molecule has 0 N–H and O–H groups in total. The van der Waals surface area contributed by atoms with Crippen molar-refractivity contribution in [3.63, 3.8) is 0 Å². The molecule has 0 amide bonds. The van der Waals surface area contributed by atoms with Crippen LogP contribution in [0.4, 0.5) is 8.78 Å². The van der Waals surface area contributed by atoms with Gasteiger partial charge in [0.05, 0.1) is 12.7 Å². The first kappa shape index (κ1) is 13.5. The van der Waals surface area contributed by atoms with Crippen molar-refractivity contribution in [1.29, 1.82) is 0 Å². The highest BCUT2D eigenvalue weighted by Gasteiger charge is 2.21. The summed E-state index contributed by atoms with van der Waals surface area (Å²) in [5.41, 5.74) is 0.0787. The number of rotatable bonds is 3. The van der Waals surface area contributed by atoms with Crippen molar-refractivity contribution in [2.24, 2.45) is 0 Å². The van der Waals surface area contributed by atoms with Crippen LogP contribution in [0.25, 0.3) is 0 Å². The number of halogens is 4. The summed E-state index contributed by atoms with van der Waals surface area (Å²) in [5.74, 6) is -0.663. The molecule has 0 aliphatic heterocycles. The molecular formula is C9H7Br2F2NO2. The van der Waals surface area contributed by atoms with Gasteiger partial charge >= 0.3 is 5.97 Å². The summed E-state index contributed by atoms with van der Waals surface area (Å²) in [6.45, 7) is 0. The number of ether oxygens (including phenoxy) is 1. The Bertz CT molecular complexity index is 413. The lowest BCUT2D eigenvalue weighted by Gasteiger charge is -2.10. The minimum absolute atomic E-state index is 0.00627. The zero-order valence-corrected chi connectivity index (χ0v) is 11.3. The Kier molecular flexibility index (Phi) is 4.79. The highest BCUT2D eigenvalue weighted by Crippen LogP contribution is 2.31. The molecule has 3 nitrogen and oxygen atoms in total. The van der Waals surface area contributed by atoms with Crippen LogP contribution in [0.3, 0.4) is 0 Å². The predicted molar refractivity (Wildman–Crippen MR) is 60.9 cm³/mol. The smallest absolute Gasteiger partial charge is 0.356 e. The summed E-state index contributed by atoms with van der Waals surface area (Å²) in [4.78, 5) is 14.9. The standard InChI is InChI=1S/C9H7Br2F2NO2/c1-16-9(15)5-2-4(3-10)6(8(12)13)7(11)14-5/h2,8H,3H2,1H3. The van der Waals surface area contributed by atoms with Crippen LogP contribution in [0.15, 0.2) is 10.7 Å². The van der Waals surface area contributed by atoms with Gasteiger partial charge in [0.15, 0.2) is 0 Å². The fraction of sp³-hybridized carbons (Fsp3) is 0.333. The van der Waals surface area contributed by atoms with Gasteiger partial charge in [-0.3, -0.25) is 0 Å². The van der Waals surface area contributed by atoms with Gasteiger partial charge in [0, 0.05) is 5.33 Å². The first-order valence-electron chi connectivity index (χ1n) is 4.13. The second-order valence-corrected chi connectivity index (χ2v) is 4.11. The second kappa shape index (κ2) is 5.67. The van der Waals surface area contributed by atoms with Crippen molar-refractivity contribution in [3.8, 4) is 0 Å². The van der Waals surface area contributed by atoms with Crippen LogP contribution in [0.1, 0.15) is 28.0 Å². The lowest BCUT2D eigenvalue weighted by Crippen LogP contribution is -2.08. The van der Waals surface area contributed by atoms with Gasteiger partial charge in [-0.25, -0.2) is 18.6 Å². The average Bonchev–Trinajstić information content (AvgIpc) is 2.26. The summed E-state index contributed by atoms with van der Waals surface area (Å²) >= 11 is 6.00. The monoisotopic (exact) mass is 357 g/mol. The number of carbonyl (C=O) groups is 1. The van der Waals surface area contributed by atoms with Crippen molar-refractivity contribution < 1.29 is 18.3 Å². The topological polar surface area (TPSA) is 39.2 Å². The molecule has 88 valence electrons. The number of aromatic nitrogens is 1. The number of alkyl halides is 3. The predicted octanol–water partition coefficient (Wildman–Crippen LogP) is 3.46. The SMILES string of the molecule is COC(=O)c1cc(CBr)c(C(F)F)c(Br)n1. The van der Waals surface area contributed by atoms with E-state index >= 15 is 0 Å². The lowest BCUT2D eigenvalue weighted by molar-refractivity contribution is 0.0593. The highest BCUT2D eigenvalue weighted by molar-refractivity contribution is 9.10. The number of hydrogen-bond acceptors (Lipinski definition) is 3. The third kappa shape index (κ3) is 2.76. The molecule has 0 radical (unpaired) electrons. The highest BCUT2D eigenvalue weighted by atomic mass is 79.9. The Morgan fingerprint density at radius 1 is 1.62 bits per heavy atom. The van der Waals surface area contributed by atoms with Gasteiger partial charge in [-0.2, -0.15) is 0 Å². The first-order chi connectivity index (χ1) is 7.51. The van der Waals surface area contributed by atoms with Crippen LogP contribution >= 0.6 is 31.9 Å². The van der Waals surface area contributed by atoms with Gasteiger partial charge in [-0.1, -0.05) is 15.9 Å². The average molecular weight is 359 g/mol. The third-order valence-corrected chi connectivity index (χ3v) is 3.06. The van der Waals surface area contributed by atoms with Gasteiger partial charge in [0.25, 0.3) is 6.43 Å². The largest absolute Gasteiger partial charge is 0.464 e. The molecule has 0 atom stereocenters. The molecule has 1 aromatic heterocycles. The van der Waals surface area contributed by atoms with Crippen molar-refractivity contribution in [3.05, 3.63) is 27.5 Å². The van der Waals surface area contributed by atoms with Crippen molar-refractivity contribution >= 4 is 37.8 Å². The molecule has 0 saturated heterocycles. The van der Waals surface area contributed by atoms with Gasteiger partial charge < -0.3 is 4.74 Å². The Labute approximate surface area is 107 Å². The van der Waals surface area contributed by atoms with E-state index in [4.69, 9.17) is 0 Å². The molecule has 0 aliphatic carbocycles. The number of pyridine rings is 1. The molecule has 0 fully saturated rings. The van der Waals surface area contributed by atoms with Crippen LogP contribution in [-0.2, 0) is 10.1 Å². The fourth-order valence-corrected chi connectivity index (χ4v) is 2.21. The molecule has 0 bridgehead atoms. The summed E-state index contributed by atoms with van der Waals surface area (Å²) < 4.78 is 29.8. The van der Waals surface area contributed by atoms with E-state index in [9.17, 15) is 13.6 Å². The van der Waals surface area contributed by atoms with Crippen LogP contribution in [0.5, 0.6) is 0 Å². The molecule has 0 spiro atoms. The molecule has 1 aromatic rings. The molecule has 16 heavy (non-hydrogen) atoms. The number of esters is 1. The van der Waals surface area contributed by atoms with Gasteiger partial charge in [-0.05, 0) is 27.6 Å². The summed E-state index contributed by atoms with van der Waals surface area (Å²) in [7, 11) is 1.20. The minimum Gasteiger partial charge on any atom is -0.464 e. The molecule has 0 aliphatic rings. The zero-order chi connectivity index (χ0) is 12.3. The molecule has 0 aromatic carbocycles. The van der Waals surface area contributed by atoms with Gasteiger partial charge in [0.2, 0.25) is 0 Å². The van der Waals surface area contributed by atoms with Crippen LogP contribution in [-0.4, -0.2) is 18.1 Å². The van der Waals surface area contributed by atoms with Crippen molar-refractivity contribution in [1.82, 2.24) is 4.98 Å². The Morgan fingerprint density at radius 2 is 2.25 bits per heavy atom. The Hall–Kier alpha value is -0.560. The molecule has 0 saturated carbocycles. The van der Waals surface area contributed by atoms with E-state index in [0.717, 1.165) is 0 Å². The quantitative estimate of drug-likeness (QED) is 0.472. The van der Waals surface area contributed by atoms with E-state index in [1.807, 2.05) is 0 Å². The molecule has 1 rings (SSSR count). The molecule has 7 heteroatoms. The molecule has 1 heterocycles. The molecule has 0 unspecified atom stereocenters. The zero-order valence-electron chi connectivity index (χ0n) is 8.14. The normalized spacial score (nSPS) is 10.6. The maximum Gasteiger partial charge on any atom is 0.356 e. The lowest BCUT2D eigenvalue weighted by atomic mass is 10.1. The van der Waals surface area contributed by atoms with Crippen molar-refractivity contribution in [2.75, 3.05) is 7.11 Å². The second-order valence-electron chi connectivity index (χ2n) is 2.80. The number of hydrogen-bond donors (Lipinski definition) is 0. The van der Waals surface area contributed by atoms with Gasteiger partial charge in [-0.15, -0.1) is 0 Å². The van der Waals surface area contributed by atoms with Crippen LogP contribution in [0, 0.1) is 0 Å². The molecular weight excluding hydrogens is 352 g/mol. The maximum absolute atomic E-state index is 12.7. The van der Waals surface area contributed by atoms with Gasteiger partial charge in [0.1, 0.15) is 10.3 Å². The maximum atomic E-state index is 12.7. The minimum atomic E-state index is -2.65. The van der Waals surface area contributed by atoms with Crippen LogP contribution in [0.2, 0.25) is 0 Å². The number of nitrogens with zero attached hydrogens (tertiary/aromatic N) is 1. The Balaban J connectivity index is 3.32. The Morgan fingerprint density at radius 3 is 2.69 bits per heavy atom. The number of methoxy groups -OCH3 is 1. The van der Waals surface area contributed by atoms with Crippen LogP contribution < -0.4 is 0 Å². The summed E-state index contributed by atoms with van der Waals surface area (Å²) in [6, 6.07) is 1.28. The van der Waals surface area contributed by atoms with E-state index < -0.39 is 12.4 Å². The van der Waals surface area contributed by atoms with E-state index in [2.05, 4.69) is 41.6 Å². The van der Waals surface area contributed by atoms with E-state index in [0.29, 0.717) is 5.56 Å². The first-order valence-corrected chi connectivity index (χ1v) is 6.04. The summed E-state index contributed by atoms with van der Waals surface area (Å²) in [6.07, 6.45) is -2.65. The fourth-order valence-electron chi connectivity index (χ4n) is 1.12. The third-order valence-electron chi connectivity index (χ3n) is 1.85. The van der Waals surface area contributed by atoms with E-state index in [1.54, 1.807) is 0 Å². The van der Waals surface area contributed by atoms with E-state index in [-0.39, 0.29) is 21.2 Å². The summed E-state index contributed by atoms with van der Waals surface area (Å²) in [5, 5.41) is 0.206.